The minimum Gasteiger partial charge on any atom is -0.488 e. The van der Waals surface area contributed by atoms with Gasteiger partial charge in [-0.25, -0.2) is 0 Å². The van der Waals surface area contributed by atoms with Gasteiger partial charge in [0.25, 0.3) is 11.5 Å². The molecule has 1 saturated carbocycles. The molecule has 2 fully saturated rings. The fourth-order valence-corrected chi connectivity index (χ4v) is 5.68. The van der Waals surface area contributed by atoms with E-state index in [-0.39, 0.29) is 17.0 Å². The van der Waals surface area contributed by atoms with Gasteiger partial charge in [-0.2, -0.15) is 5.26 Å². The van der Waals surface area contributed by atoms with Crippen molar-refractivity contribution in [2.45, 2.75) is 51.5 Å². The fraction of sp³-hybridized carbons (Fsp3) is 0.519. The lowest BCUT2D eigenvalue weighted by molar-refractivity contribution is -0.130. The first-order chi connectivity index (χ1) is 16.7. The zero-order valence-electron chi connectivity index (χ0n) is 19.7. The molecule has 34 heavy (non-hydrogen) atoms. The maximum absolute atomic E-state index is 13.5. The number of aryl methyl sites for hydroxylation is 1. The number of aromatic nitrogens is 1. The van der Waals surface area contributed by atoms with E-state index in [4.69, 9.17) is 4.74 Å². The molecule has 2 aliphatic heterocycles. The van der Waals surface area contributed by atoms with Crippen LogP contribution in [0.4, 0.5) is 5.69 Å². The second-order valence-corrected chi connectivity index (χ2v) is 9.59. The van der Waals surface area contributed by atoms with E-state index in [2.05, 4.69) is 11.0 Å². The van der Waals surface area contributed by atoms with Gasteiger partial charge in [0, 0.05) is 44.5 Å². The summed E-state index contributed by atoms with van der Waals surface area (Å²) in [4.78, 5) is 30.1. The Bertz CT molecular complexity index is 1190. The van der Waals surface area contributed by atoms with Crippen LogP contribution in [0.1, 0.15) is 50.5 Å². The molecule has 1 aliphatic carbocycles. The van der Waals surface area contributed by atoms with Crippen molar-refractivity contribution in [3.8, 4) is 6.07 Å². The highest BCUT2D eigenvalue weighted by atomic mass is 16.5. The second kappa shape index (κ2) is 9.92. The smallest absolute Gasteiger partial charge is 0.288 e. The van der Waals surface area contributed by atoms with E-state index in [1.807, 2.05) is 34.9 Å². The molecule has 3 heterocycles. The Kier molecular flexibility index (Phi) is 6.57. The third kappa shape index (κ3) is 4.29. The lowest BCUT2D eigenvalue weighted by atomic mass is 9.87. The van der Waals surface area contributed by atoms with Crippen molar-refractivity contribution in [3.63, 3.8) is 0 Å². The number of para-hydroxylation sites is 1. The van der Waals surface area contributed by atoms with Crippen LogP contribution in [-0.2, 0) is 16.1 Å². The summed E-state index contributed by atoms with van der Waals surface area (Å²) in [6, 6.07) is 10.2. The highest BCUT2D eigenvalue weighted by Gasteiger charge is 2.29. The topological polar surface area (TPSA) is 78.6 Å². The molecule has 1 amide bonds. The monoisotopic (exact) mass is 460 g/mol. The first-order valence-electron chi connectivity index (χ1n) is 12.6. The minimum absolute atomic E-state index is 0.0688. The SMILES string of the molecule is N#Cc1c(N2CCN(C(=O)C3=CCCO3)CC2)c2ccccc2n(CCC2CCCCC2)c1=O. The summed E-state index contributed by atoms with van der Waals surface area (Å²) in [6.45, 7) is 3.42. The summed E-state index contributed by atoms with van der Waals surface area (Å²) < 4.78 is 7.25. The molecule has 1 aromatic carbocycles. The van der Waals surface area contributed by atoms with E-state index < -0.39 is 0 Å². The summed E-state index contributed by atoms with van der Waals surface area (Å²) in [6.07, 6.45) is 9.95. The predicted octanol–water partition coefficient (Wildman–Crippen LogP) is 3.80. The fourth-order valence-electron chi connectivity index (χ4n) is 5.68. The third-order valence-corrected chi connectivity index (χ3v) is 7.54. The Morgan fingerprint density at radius 2 is 1.85 bits per heavy atom. The number of hydrogen-bond acceptors (Lipinski definition) is 5. The van der Waals surface area contributed by atoms with Crippen LogP contribution in [0.5, 0.6) is 0 Å². The van der Waals surface area contributed by atoms with Crippen molar-refractivity contribution < 1.29 is 9.53 Å². The molecule has 1 saturated heterocycles. The van der Waals surface area contributed by atoms with Gasteiger partial charge in [-0.1, -0.05) is 50.3 Å². The van der Waals surface area contributed by atoms with Gasteiger partial charge < -0.3 is 19.1 Å². The number of piperazine rings is 1. The minimum atomic E-state index is -0.199. The zero-order valence-corrected chi connectivity index (χ0v) is 19.7. The Balaban J connectivity index is 1.42. The van der Waals surface area contributed by atoms with Crippen LogP contribution < -0.4 is 10.5 Å². The second-order valence-electron chi connectivity index (χ2n) is 9.59. The molecule has 0 radical (unpaired) electrons. The normalized spacial score (nSPS) is 19.1. The maximum atomic E-state index is 13.5. The van der Waals surface area contributed by atoms with Gasteiger partial charge in [-0.3, -0.25) is 9.59 Å². The molecule has 0 spiro atoms. The van der Waals surface area contributed by atoms with E-state index in [0.29, 0.717) is 56.7 Å². The van der Waals surface area contributed by atoms with Crippen LogP contribution >= 0.6 is 0 Å². The number of rotatable bonds is 5. The highest BCUT2D eigenvalue weighted by Crippen LogP contribution is 2.31. The van der Waals surface area contributed by atoms with E-state index >= 15 is 0 Å². The van der Waals surface area contributed by atoms with Gasteiger partial charge in [0.2, 0.25) is 0 Å². The number of ether oxygens (including phenoxy) is 1. The molecule has 7 heteroatoms. The summed E-state index contributed by atoms with van der Waals surface area (Å²) in [7, 11) is 0. The maximum Gasteiger partial charge on any atom is 0.288 e. The van der Waals surface area contributed by atoms with Crippen LogP contribution in [0, 0.1) is 17.2 Å². The summed E-state index contributed by atoms with van der Waals surface area (Å²) >= 11 is 0. The number of benzene rings is 1. The molecule has 2 aromatic rings. The van der Waals surface area contributed by atoms with Crippen molar-refractivity contribution in [3.05, 3.63) is 52.0 Å². The molecule has 5 rings (SSSR count). The van der Waals surface area contributed by atoms with Crippen LogP contribution in [0.2, 0.25) is 0 Å². The molecule has 7 nitrogen and oxygen atoms in total. The Morgan fingerprint density at radius 3 is 2.56 bits per heavy atom. The van der Waals surface area contributed by atoms with E-state index in [9.17, 15) is 14.9 Å². The van der Waals surface area contributed by atoms with Crippen molar-refractivity contribution >= 4 is 22.5 Å². The number of nitriles is 1. The standard InChI is InChI=1S/C27H32N4O3/c28-19-22-25(29-14-16-30(17-15-29)27(33)24-11-6-18-34-24)21-9-4-5-10-23(21)31(26(22)32)13-12-20-7-2-1-3-8-20/h4-5,9-11,20H,1-3,6-8,12-18H2. The number of amides is 1. The summed E-state index contributed by atoms with van der Waals surface area (Å²) in [5, 5.41) is 11.0. The summed E-state index contributed by atoms with van der Waals surface area (Å²) in [5.41, 5.74) is 1.61. The third-order valence-electron chi connectivity index (χ3n) is 7.54. The Morgan fingerprint density at radius 1 is 1.09 bits per heavy atom. The van der Waals surface area contributed by atoms with Gasteiger partial charge in [0.05, 0.1) is 17.8 Å². The number of hydrogen-bond donors (Lipinski definition) is 0. The zero-order chi connectivity index (χ0) is 23.5. The number of carbonyl (C=O) groups is 1. The number of nitrogens with zero attached hydrogens (tertiary/aromatic N) is 4. The summed E-state index contributed by atoms with van der Waals surface area (Å²) in [5.74, 6) is 1.03. The molecule has 0 atom stereocenters. The van der Waals surface area contributed by atoms with Crippen LogP contribution in [0.15, 0.2) is 40.9 Å². The first kappa shape index (κ1) is 22.5. The molecule has 178 valence electrons. The Labute approximate surface area is 200 Å². The molecule has 0 N–H and O–H groups in total. The first-order valence-corrected chi connectivity index (χ1v) is 12.6. The van der Waals surface area contributed by atoms with Crippen LogP contribution in [0.25, 0.3) is 10.9 Å². The number of fused-ring (bicyclic) bond motifs is 1. The lowest BCUT2D eigenvalue weighted by Crippen LogP contribution is -2.50. The molecule has 0 unspecified atom stereocenters. The quantitative estimate of drug-likeness (QED) is 0.678. The number of carbonyl (C=O) groups excluding carboxylic acids is 1. The van der Waals surface area contributed by atoms with E-state index in [0.717, 1.165) is 23.7 Å². The lowest BCUT2D eigenvalue weighted by Gasteiger charge is -2.37. The molecule has 3 aliphatic rings. The van der Waals surface area contributed by atoms with E-state index in [1.165, 1.54) is 32.1 Å². The van der Waals surface area contributed by atoms with E-state index in [1.54, 1.807) is 4.90 Å². The van der Waals surface area contributed by atoms with Crippen LogP contribution in [-0.4, -0.2) is 48.2 Å². The largest absolute Gasteiger partial charge is 0.488 e. The van der Waals surface area contributed by atoms with Crippen LogP contribution in [0.3, 0.4) is 0 Å². The molecular formula is C27H32N4O3. The average molecular weight is 461 g/mol. The molecule has 1 aromatic heterocycles. The van der Waals surface area contributed by atoms with Crippen molar-refractivity contribution in [2.24, 2.45) is 5.92 Å². The molecule has 0 bridgehead atoms. The van der Waals surface area contributed by atoms with Crippen molar-refractivity contribution in [2.75, 3.05) is 37.7 Å². The van der Waals surface area contributed by atoms with Gasteiger partial charge in [-0.05, 0) is 24.5 Å². The average Bonchev–Trinajstić information content (AvgIpc) is 3.43. The van der Waals surface area contributed by atoms with Gasteiger partial charge in [-0.15, -0.1) is 0 Å². The van der Waals surface area contributed by atoms with Gasteiger partial charge in [0.15, 0.2) is 5.76 Å². The number of anilines is 1. The highest BCUT2D eigenvalue weighted by molar-refractivity contribution is 5.95. The molecular weight excluding hydrogens is 428 g/mol. The number of pyridine rings is 1. The Hall–Kier alpha value is -3.27. The predicted molar refractivity (Wildman–Crippen MR) is 132 cm³/mol. The van der Waals surface area contributed by atoms with Gasteiger partial charge >= 0.3 is 0 Å². The van der Waals surface area contributed by atoms with Crippen molar-refractivity contribution in [1.82, 2.24) is 9.47 Å². The van der Waals surface area contributed by atoms with Crippen molar-refractivity contribution in [1.29, 1.82) is 5.26 Å². The van der Waals surface area contributed by atoms with Gasteiger partial charge in [0.1, 0.15) is 11.6 Å².